The Morgan fingerprint density at radius 3 is 2.56 bits per heavy atom. The molecule has 136 valence electrons. The van der Waals surface area contributed by atoms with E-state index in [9.17, 15) is 15.2 Å². The van der Waals surface area contributed by atoms with Crippen LogP contribution in [0.4, 0.5) is 0 Å². The van der Waals surface area contributed by atoms with Crippen molar-refractivity contribution >= 4 is 5.91 Å². The van der Waals surface area contributed by atoms with Crippen molar-refractivity contribution in [2.45, 2.75) is 31.8 Å². The number of hydrogen-bond donors (Lipinski definition) is 1. The summed E-state index contributed by atoms with van der Waals surface area (Å²) in [6, 6.07) is 13.9. The summed E-state index contributed by atoms with van der Waals surface area (Å²) >= 11 is 0. The Morgan fingerprint density at radius 1 is 1.26 bits per heavy atom. The third-order valence-electron chi connectivity index (χ3n) is 4.65. The van der Waals surface area contributed by atoms with Crippen molar-refractivity contribution in [1.29, 1.82) is 5.26 Å². The lowest BCUT2D eigenvalue weighted by Crippen LogP contribution is -2.65. The van der Waals surface area contributed by atoms with E-state index < -0.39 is 12.1 Å². The molecule has 1 N–H and O–H groups in total. The van der Waals surface area contributed by atoms with E-state index in [1.165, 1.54) is 11.1 Å². The number of nitrogens with zero attached hydrogens (tertiary/aromatic N) is 3. The first-order valence-electron chi connectivity index (χ1n) is 8.92. The fourth-order valence-electron chi connectivity index (χ4n) is 3.32. The van der Waals surface area contributed by atoms with E-state index in [1.54, 1.807) is 18.2 Å². The monoisotopic (exact) mass is 359 g/mol. The highest BCUT2D eigenvalue weighted by Crippen LogP contribution is 2.41. The zero-order valence-corrected chi connectivity index (χ0v) is 15.3. The molecule has 2 aromatic rings. The number of rotatable bonds is 3. The maximum atomic E-state index is 12.7. The fourth-order valence-corrected chi connectivity index (χ4v) is 3.32. The summed E-state index contributed by atoms with van der Waals surface area (Å²) < 4.78 is 0. The van der Waals surface area contributed by atoms with Crippen LogP contribution >= 0.6 is 0 Å². The Kier molecular flexibility index (Phi) is 5.54. The lowest BCUT2D eigenvalue weighted by atomic mass is 9.75. The largest absolute Gasteiger partial charge is 0.394 e. The predicted molar refractivity (Wildman–Crippen MR) is 102 cm³/mol. The van der Waals surface area contributed by atoms with E-state index in [1.807, 2.05) is 38.1 Å². The molecule has 0 aliphatic carbocycles. The van der Waals surface area contributed by atoms with Crippen molar-refractivity contribution in [3.63, 3.8) is 0 Å². The minimum atomic E-state index is -0.635. The summed E-state index contributed by atoms with van der Waals surface area (Å²) in [4.78, 5) is 18.2. The van der Waals surface area contributed by atoms with Crippen LogP contribution in [0.5, 0.6) is 0 Å². The lowest BCUT2D eigenvalue weighted by Gasteiger charge is -2.51. The van der Waals surface area contributed by atoms with Gasteiger partial charge in [0.2, 0.25) is 0 Å². The molecule has 0 bridgehead atoms. The normalized spacial score (nSPS) is 21.0. The van der Waals surface area contributed by atoms with Crippen molar-refractivity contribution in [3.8, 4) is 17.9 Å². The van der Waals surface area contributed by atoms with Gasteiger partial charge in [0.1, 0.15) is 11.7 Å². The van der Waals surface area contributed by atoms with Gasteiger partial charge in [-0.15, -0.1) is 0 Å². The minimum Gasteiger partial charge on any atom is -0.394 e. The van der Waals surface area contributed by atoms with E-state index in [0.29, 0.717) is 5.92 Å². The van der Waals surface area contributed by atoms with E-state index >= 15 is 0 Å². The molecule has 5 nitrogen and oxygen atoms in total. The topological polar surface area (TPSA) is 77.2 Å². The molecule has 1 aliphatic heterocycles. The molecule has 0 unspecified atom stereocenters. The van der Waals surface area contributed by atoms with Gasteiger partial charge in [0, 0.05) is 23.6 Å². The fraction of sp³-hybridized carbons (Fsp3) is 0.318. The van der Waals surface area contributed by atoms with E-state index in [0.717, 1.165) is 11.1 Å². The summed E-state index contributed by atoms with van der Waals surface area (Å²) in [6.07, 6.45) is 1.54. The number of hydrogen-bond acceptors (Lipinski definition) is 4. The number of likely N-dealkylation sites (tertiary alicyclic amines) is 1. The molecule has 2 heterocycles. The Labute approximate surface area is 159 Å². The molecule has 1 fully saturated rings. The SMILES string of the molecule is CC(C)C#Cc1ccc([C@H]2[C@@H](CO)N(C(=O)c3ccccn3)[C@H]2C#N)cc1. The first kappa shape index (κ1) is 18.6. The van der Waals surface area contributed by atoms with Crippen LogP contribution in [-0.4, -0.2) is 39.6 Å². The number of amides is 1. The van der Waals surface area contributed by atoms with Gasteiger partial charge in [-0.2, -0.15) is 5.26 Å². The number of aliphatic hydroxyl groups excluding tert-OH is 1. The van der Waals surface area contributed by atoms with Gasteiger partial charge in [-0.05, 0) is 29.8 Å². The molecule has 0 radical (unpaired) electrons. The molecule has 1 amide bonds. The van der Waals surface area contributed by atoms with Crippen molar-refractivity contribution in [3.05, 3.63) is 65.5 Å². The molecule has 1 saturated heterocycles. The molecular weight excluding hydrogens is 338 g/mol. The molecule has 3 atom stereocenters. The van der Waals surface area contributed by atoms with Gasteiger partial charge in [0.05, 0.1) is 18.7 Å². The third kappa shape index (κ3) is 3.69. The molecule has 0 saturated carbocycles. The molecule has 27 heavy (non-hydrogen) atoms. The summed E-state index contributed by atoms with van der Waals surface area (Å²) in [7, 11) is 0. The summed E-state index contributed by atoms with van der Waals surface area (Å²) in [5, 5.41) is 19.5. The van der Waals surface area contributed by atoms with Crippen LogP contribution in [0.2, 0.25) is 0 Å². The van der Waals surface area contributed by atoms with Gasteiger partial charge in [0.15, 0.2) is 0 Å². The average molecular weight is 359 g/mol. The predicted octanol–water partition coefficient (Wildman–Crippen LogP) is 2.58. The first-order valence-corrected chi connectivity index (χ1v) is 8.92. The van der Waals surface area contributed by atoms with Crippen LogP contribution in [-0.2, 0) is 0 Å². The number of aromatic nitrogens is 1. The van der Waals surface area contributed by atoms with Gasteiger partial charge < -0.3 is 10.0 Å². The van der Waals surface area contributed by atoms with Gasteiger partial charge in [0.25, 0.3) is 5.91 Å². The van der Waals surface area contributed by atoms with Crippen molar-refractivity contribution in [2.75, 3.05) is 6.61 Å². The van der Waals surface area contributed by atoms with Gasteiger partial charge in [-0.3, -0.25) is 9.78 Å². The van der Waals surface area contributed by atoms with E-state index in [4.69, 9.17) is 0 Å². The Morgan fingerprint density at radius 2 is 2.00 bits per heavy atom. The van der Waals surface area contributed by atoms with E-state index in [-0.39, 0.29) is 24.1 Å². The molecule has 1 aliphatic rings. The first-order chi connectivity index (χ1) is 13.1. The lowest BCUT2D eigenvalue weighted by molar-refractivity contribution is -0.00629. The highest BCUT2D eigenvalue weighted by molar-refractivity contribution is 5.94. The van der Waals surface area contributed by atoms with E-state index in [2.05, 4.69) is 22.9 Å². The van der Waals surface area contributed by atoms with Gasteiger partial charge in [-0.25, -0.2) is 0 Å². The zero-order chi connectivity index (χ0) is 19.4. The minimum absolute atomic E-state index is 0.212. The number of pyridine rings is 1. The van der Waals surface area contributed by atoms with Crippen LogP contribution in [0, 0.1) is 29.1 Å². The maximum absolute atomic E-state index is 12.7. The van der Waals surface area contributed by atoms with Crippen LogP contribution in [0.25, 0.3) is 0 Å². The van der Waals surface area contributed by atoms with Crippen LogP contribution in [0.1, 0.15) is 41.4 Å². The molecule has 1 aromatic heterocycles. The van der Waals surface area contributed by atoms with Crippen molar-refractivity contribution < 1.29 is 9.90 Å². The van der Waals surface area contributed by atoms with Gasteiger partial charge in [-0.1, -0.05) is 43.9 Å². The Hall–Kier alpha value is -3.15. The Bertz CT molecular complexity index is 905. The average Bonchev–Trinajstić information content (AvgIpc) is 2.67. The summed E-state index contributed by atoms with van der Waals surface area (Å²) in [5.41, 5.74) is 2.09. The molecular formula is C22H21N3O2. The highest BCUT2D eigenvalue weighted by atomic mass is 16.3. The van der Waals surface area contributed by atoms with Crippen molar-refractivity contribution in [2.24, 2.45) is 5.92 Å². The highest BCUT2D eigenvalue weighted by Gasteiger charge is 2.52. The van der Waals surface area contributed by atoms with Gasteiger partial charge >= 0.3 is 0 Å². The molecule has 0 spiro atoms. The number of aliphatic hydroxyl groups is 1. The second-order valence-electron chi connectivity index (χ2n) is 6.82. The van der Waals surface area contributed by atoms with Crippen LogP contribution in [0.15, 0.2) is 48.7 Å². The molecule has 5 heteroatoms. The van der Waals surface area contributed by atoms with Crippen LogP contribution in [0.3, 0.4) is 0 Å². The molecule has 1 aromatic carbocycles. The number of carbonyl (C=O) groups excluding carboxylic acids is 1. The smallest absolute Gasteiger partial charge is 0.273 e. The number of carbonyl (C=O) groups is 1. The molecule has 3 rings (SSSR count). The standard InChI is InChI=1S/C22H21N3O2/c1-15(2)6-7-16-8-10-17(11-9-16)21-19(13-23)25(20(21)14-26)22(27)18-5-3-4-12-24-18/h3-5,8-12,15,19-21,26H,14H2,1-2H3/t19-,20+,21+/m0/s1. The third-order valence-corrected chi connectivity index (χ3v) is 4.65. The number of nitriles is 1. The Balaban J connectivity index is 1.84. The van der Waals surface area contributed by atoms with Crippen LogP contribution < -0.4 is 0 Å². The second-order valence-corrected chi connectivity index (χ2v) is 6.82. The maximum Gasteiger partial charge on any atom is 0.273 e. The quantitative estimate of drug-likeness (QED) is 0.855. The summed E-state index contributed by atoms with van der Waals surface area (Å²) in [5.74, 6) is 5.95. The second kappa shape index (κ2) is 8.03. The number of benzene rings is 1. The zero-order valence-electron chi connectivity index (χ0n) is 15.3. The summed E-state index contributed by atoms with van der Waals surface area (Å²) in [6.45, 7) is 3.86. The van der Waals surface area contributed by atoms with Crippen molar-refractivity contribution in [1.82, 2.24) is 9.88 Å².